The Hall–Kier alpha value is -1.99. The maximum absolute atomic E-state index is 12.8. The van der Waals surface area contributed by atoms with E-state index in [4.69, 9.17) is 4.74 Å². The second kappa shape index (κ2) is 8.03. The van der Waals surface area contributed by atoms with Crippen LogP contribution in [0.2, 0.25) is 0 Å². The molecule has 0 aliphatic carbocycles. The first-order valence-electron chi connectivity index (χ1n) is 7.05. The monoisotopic (exact) mass is 341 g/mol. The highest BCUT2D eigenvalue weighted by Crippen LogP contribution is 2.11. The molecule has 0 amide bonds. The van der Waals surface area contributed by atoms with Crippen LogP contribution in [0, 0.1) is 11.6 Å². The van der Waals surface area contributed by atoms with Gasteiger partial charge >= 0.3 is 0 Å². The minimum absolute atomic E-state index is 0.202. The van der Waals surface area contributed by atoms with Gasteiger partial charge in [0.2, 0.25) is 10.0 Å². The average molecular weight is 341 g/mol. The number of nitrogens with one attached hydrogen (secondary N) is 1. The third-order valence-electron chi connectivity index (χ3n) is 3.00. The van der Waals surface area contributed by atoms with E-state index in [0.717, 1.165) is 0 Å². The summed E-state index contributed by atoms with van der Waals surface area (Å²) in [7, 11) is -3.48. The van der Waals surface area contributed by atoms with Crippen molar-refractivity contribution in [2.75, 3.05) is 13.2 Å². The van der Waals surface area contributed by atoms with Gasteiger partial charge in [0, 0.05) is 6.54 Å². The van der Waals surface area contributed by atoms with Gasteiger partial charge in [0.15, 0.2) is 0 Å². The number of hydrogen-bond acceptors (Lipinski definition) is 3. The van der Waals surface area contributed by atoms with Crippen LogP contribution in [0.25, 0.3) is 0 Å². The van der Waals surface area contributed by atoms with Gasteiger partial charge in [-0.3, -0.25) is 0 Å². The lowest BCUT2D eigenvalue weighted by molar-refractivity contribution is 0.311. The van der Waals surface area contributed by atoms with Gasteiger partial charge in [-0.25, -0.2) is 21.9 Å². The molecule has 1 N–H and O–H groups in total. The van der Waals surface area contributed by atoms with Crippen molar-refractivity contribution in [2.45, 2.75) is 12.2 Å². The number of sulfonamides is 1. The highest BCUT2D eigenvalue weighted by molar-refractivity contribution is 7.88. The molecule has 0 aliphatic rings. The van der Waals surface area contributed by atoms with Gasteiger partial charge in [-0.2, -0.15) is 0 Å². The molecular weight excluding hydrogens is 324 g/mol. The van der Waals surface area contributed by atoms with E-state index >= 15 is 0 Å². The number of benzene rings is 2. The number of rotatable bonds is 8. The Kier molecular flexibility index (Phi) is 6.06. The molecule has 0 radical (unpaired) electrons. The van der Waals surface area contributed by atoms with E-state index in [1.165, 1.54) is 48.5 Å². The minimum atomic E-state index is -3.48. The van der Waals surface area contributed by atoms with Crippen molar-refractivity contribution in [3.8, 4) is 5.75 Å². The second-order valence-corrected chi connectivity index (χ2v) is 6.74. The first-order chi connectivity index (χ1) is 10.9. The van der Waals surface area contributed by atoms with Gasteiger partial charge < -0.3 is 4.74 Å². The highest BCUT2D eigenvalue weighted by atomic mass is 32.2. The molecule has 7 heteroatoms. The summed E-state index contributed by atoms with van der Waals surface area (Å²) >= 11 is 0. The Bertz CT molecular complexity index is 716. The molecule has 2 rings (SSSR count). The molecule has 0 unspecified atom stereocenters. The fraction of sp³-hybridized carbons (Fsp3) is 0.250. The van der Waals surface area contributed by atoms with Crippen molar-refractivity contribution in [2.24, 2.45) is 0 Å². The second-order valence-electron chi connectivity index (χ2n) is 4.94. The zero-order valence-electron chi connectivity index (χ0n) is 12.3. The Morgan fingerprint density at radius 1 is 0.913 bits per heavy atom. The molecule has 124 valence electrons. The predicted octanol–water partition coefficient (Wildman–Crippen LogP) is 2.85. The SMILES string of the molecule is O=S(=O)(Cc1ccc(F)cc1)NCCCOc1ccc(F)cc1. The molecule has 2 aromatic carbocycles. The summed E-state index contributed by atoms with van der Waals surface area (Å²) in [6.07, 6.45) is 0.472. The molecule has 0 aliphatic heterocycles. The zero-order chi connectivity index (χ0) is 16.7. The predicted molar refractivity (Wildman–Crippen MR) is 83.5 cm³/mol. The van der Waals surface area contributed by atoms with E-state index < -0.39 is 15.8 Å². The van der Waals surface area contributed by atoms with Gasteiger partial charge in [-0.15, -0.1) is 0 Å². The molecule has 0 saturated heterocycles. The maximum Gasteiger partial charge on any atom is 0.215 e. The molecule has 4 nitrogen and oxygen atoms in total. The van der Waals surface area contributed by atoms with E-state index in [-0.39, 0.29) is 18.1 Å². The first-order valence-corrected chi connectivity index (χ1v) is 8.70. The first kappa shape index (κ1) is 17.4. The quantitative estimate of drug-likeness (QED) is 0.751. The fourth-order valence-corrected chi connectivity index (χ4v) is 3.06. The smallest absolute Gasteiger partial charge is 0.215 e. The molecule has 0 aromatic heterocycles. The van der Waals surface area contributed by atoms with Crippen molar-refractivity contribution in [3.63, 3.8) is 0 Å². The molecule has 0 spiro atoms. The molecule has 0 bridgehead atoms. The average Bonchev–Trinajstić information content (AvgIpc) is 2.51. The lowest BCUT2D eigenvalue weighted by Gasteiger charge is -2.08. The topological polar surface area (TPSA) is 55.4 Å². The summed E-state index contributed by atoms with van der Waals surface area (Å²) in [5.41, 5.74) is 0.515. The largest absolute Gasteiger partial charge is 0.494 e. The van der Waals surface area contributed by atoms with E-state index in [1.807, 2.05) is 0 Å². The number of hydrogen-bond donors (Lipinski definition) is 1. The third-order valence-corrected chi connectivity index (χ3v) is 4.35. The zero-order valence-corrected chi connectivity index (χ0v) is 13.2. The van der Waals surface area contributed by atoms with Gasteiger partial charge in [0.1, 0.15) is 17.4 Å². The normalized spacial score (nSPS) is 11.4. The molecule has 0 fully saturated rings. The van der Waals surface area contributed by atoms with Gasteiger partial charge in [0.25, 0.3) is 0 Å². The molecular formula is C16H17F2NO3S. The van der Waals surface area contributed by atoms with Crippen LogP contribution in [0.5, 0.6) is 5.75 Å². The molecule has 2 aromatic rings. The van der Waals surface area contributed by atoms with E-state index in [9.17, 15) is 17.2 Å². The van der Waals surface area contributed by atoms with Gasteiger partial charge in [0.05, 0.1) is 12.4 Å². The van der Waals surface area contributed by atoms with Crippen LogP contribution in [0.1, 0.15) is 12.0 Å². The number of halogens is 2. The minimum Gasteiger partial charge on any atom is -0.494 e. The van der Waals surface area contributed by atoms with Crippen LogP contribution in [-0.2, 0) is 15.8 Å². The summed E-state index contributed by atoms with van der Waals surface area (Å²) in [5, 5.41) is 0. The van der Waals surface area contributed by atoms with Crippen molar-refractivity contribution >= 4 is 10.0 Å². The van der Waals surface area contributed by atoms with Crippen LogP contribution in [0.15, 0.2) is 48.5 Å². The Balaban J connectivity index is 1.70. The fourth-order valence-electron chi connectivity index (χ4n) is 1.87. The Morgan fingerprint density at radius 3 is 2.09 bits per heavy atom. The third kappa shape index (κ3) is 6.33. The lowest BCUT2D eigenvalue weighted by Crippen LogP contribution is -2.27. The van der Waals surface area contributed by atoms with Crippen LogP contribution in [0.3, 0.4) is 0 Å². The summed E-state index contributed by atoms with van der Waals surface area (Å²) < 4.78 is 57.0. The van der Waals surface area contributed by atoms with E-state index in [1.54, 1.807) is 0 Å². The maximum atomic E-state index is 12.8. The van der Waals surface area contributed by atoms with Gasteiger partial charge in [-0.05, 0) is 48.4 Å². The molecule has 0 heterocycles. The van der Waals surface area contributed by atoms with Crippen molar-refractivity contribution in [3.05, 3.63) is 65.7 Å². The van der Waals surface area contributed by atoms with Gasteiger partial charge in [-0.1, -0.05) is 12.1 Å². The molecule has 23 heavy (non-hydrogen) atoms. The van der Waals surface area contributed by atoms with Crippen LogP contribution < -0.4 is 9.46 Å². The van der Waals surface area contributed by atoms with E-state index in [2.05, 4.69) is 4.72 Å². The Labute approximate surface area is 134 Å². The molecule has 0 atom stereocenters. The van der Waals surface area contributed by atoms with Crippen molar-refractivity contribution in [1.82, 2.24) is 4.72 Å². The van der Waals surface area contributed by atoms with E-state index in [0.29, 0.717) is 24.3 Å². The van der Waals surface area contributed by atoms with Crippen molar-refractivity contribution < 1.29 is 21.9 Å². The van der Waals surface area contributed by atoms with Crippen LogP contribution >= 0.6 is 0 Å². The standard InChI is InChI=1S/C16H17F2NO3S/c17-14-4-2-13(3-5-14)12-23(20,21)19-10-1-11-22-16-8-6-15(18)7-9-16/h2-9,19H,1,10-12H2. The Morgan fingerprint density at radius 2 is 1.48 bits per heavy atom. The molecule has 0 saturated carbocycles. The summed E-state index contributed by atoms with van der Waals surface area (Å²) in [6, 6.07) is 10.9. The summed E-state index contributed by atoms with van der Waals surface area (Å²) in [4.78, 5) is 0. The highest BCUT2D eigenvalue weighted by Gasteiger charge is 2.10. The van der Waals surface area contributed by atoms with Crippen molar-refractivity contribution in [1.29, 1.82) is 0 Å². The summed E-state index contributed by atoms with van der Waals surface area (Å²) in [6.45, 7) is 0.537. The lowest BCUT2D eigenvalue weighted by atomic mass is 10.2. The summed E-state index contributed by atoms with van der Waals surface area (Å²) in [5.74, 6) is -0.421. The number of ether oxygens (including phenoxy) is 1. The van der Waals surface area contributed by atoms with Crippen LogP contribution in [0.4, 0.5) is 8.78 Å². The van der Waals surface area contributed by atoms with Crippen LogP contribution in [-0.4, -0.2) is 21.6 Å².